The molecule has 0 bridgehead atoms. The van der Waals surface area contributed by atoms with Crippen LogP contribution in [0, 0.1) is 5.82 Å². The Morgan fingerprint density at radius 2 is 1.57 bits per heavy atom. The van der Waals surface area contributed by atoms with Crippen molar-refractivity contribution in [3.63, 3.8) is 0 Å². The molecule has 0 radical (unpaired) electrons. The molecule has 1 N–H and O–H groups in total. The van der Waals surface area contributed by atoms with Gasteiger partial charge < -0.3 is 5.11 Å². The minimum atomic E-state index is -1.09. The highest BCUT2D eigenvalue weighted by Gasteiger charge is 2.47. The van der Waals surface area contributed by atoms with Crippen molar-refractivity contribution in [2.75, 3.05) is 4.90 Å². The molecule has 2 aromatic carbocycles. The van der Waals surface area contributed by atoms with E-state index >= 15 is 0 Å². The fraction of sp³-hybridized carbons (Fsp3) is 0.0455. The lowest BCUT2D eigenvalue weighted by Gasteiger charge is -2.25. The minimum absolute atomic E-state index is 0.126. The summed E-state index contributed by atoms with van der Waals surface area (Å²) in [6, 6.07) is 16.4. The van der Waals surface area contributed by atoms with Crippen LogP contribution < -0.4 is 4.90 Å². The van der Waals surface area contributed by atoms with Gasteiger partial charge in [0.05, 0.1) is 11.6 Å². The number of carbonyl (C=O) groups excluding carboxylic acids is 2. The lowest BCUT2D eigenvalue weighted by Crippen LogP contribution is -2.29. The smallest absolute Gasteiger partial charge is 0.300 e. The van der Waals surface area contributed by atoms with Crippen LogP contribution in [0.5, 0.6) is 0 Å². The van der Waals surface area contributed by atoms with Gasteiger partial charge >= 0.3 is 0 Å². The number of hydrogen-bond acceptors (Lipinski definition) is 4. The van der Waals surface area contributed by atoms with Crippen molar-refractivity contribution in [2.45, 2.75) is 6.04 Å². The van der Waals surface area contributed by atoms with Crippen molar-refractivity contribution in [3.8, 4) is 0 Å². The number of nitrogens with zero attached hydrogens (tertiary/aromatic N) is 2. The molecule has 1 amide bonds. The van der Waals surface area contributed by atoms with Crippen molar-refractivity contribution in [1.29, 1.82) is 0 Å². The molecule has 3 aromatic rings. The van der Waals surface area contributed by atoms with Crippen LogP contribution in [0.25, 0.3) is 5.76 Å². The van der Waals surface area contributed by atoms with Gasteiger partial charge in [-0.2, -0.15) is 0 Å². The molecule has 5 nitrogen and oxygen atoms in total. The fourth-order valence-electron chi connectivity index (χ4n) is 3.34. The molecule has 6 heteroatoms. The quantitative estimate of drug-likeness (QED) is 0.430. The zero-order chi connectivity index (χ0) is 19.7. The number of aliphatic hydroxyl groups is 1. The van der Waals surface area contributed by atoms with Crippen molar-refractivity contribution >= 4 is 23.1 Å². The summed E-state index contributed by atoms with van der Waals surface area (Å²) in [5.74, 6) is -2.63. The molecule has 1 unspecified atom stereocenters. The van der Waals surface area contributed by atoms with Crippen LogP contribution in [0.3, 0.4) is 0 Å². The van der Waals surface area contributed by atoms with Crippen molar-refractivity contribution in [3.05, 3.63) is 102 Å². The summed E-state index contributed by atoms with van der Waals surface area (Å²) in [5.41, 5.74) is 0.723. The van der Waals surface area contributed by atoms with Gasteiger partial charge in [-0.05, 0) is 30.3 Å². The Morgan fingerprint density at radius 1 is 0.929 bits per heavy atom. The second-order valence-electron chi connectivity index (χ2n) is 6.26. The first-order valence-corrected chi connectivity index (χ1v) is 8.60. The van der Waals surface area contributed by atoms with Gasteiger partial charge in [0.25, 0.3) is 11.7 Å². The van der Waals surface area contributed by atoms with Gasteiger partial charge in [-0.3, -0.25) is 19.5 Å². The van der Waals surface area contributed by atoms with Gasteiger partial charge in [0.15, 0.2) is 0 Å². The van der Waals surface area contributed by atoms with E-state index < -0.39 is 23.5 Å². The first kappa shape index (κ1) is 17.6. The summed E-state index contributed by atoms with van der Waals surface area (Å²) in [6.45, 7) is 0. The molecular formula is C22H15FN2O3. The number of pyridine rings is 1. The third-order valence-corrected chi connectivity index (χ3v) is 4.63. The summed E-state index contributed by atoms with van der Waals surface area (Å²) in [5, 5.41) is 10.8. The van der Waals surface area contributed by atoms with Gasteiger partial charge in [0, 0.05) is 29.2 Å². The number of rotatable bonds is 3. The molecule has 0 aliphatic carbocycles. The lowest BCUT2D eigenvalue weighted by molar-refractivity contribution is -0.132. The van der Waals surface area contributed by atoms with E-state index in [4.69, 9.17) is 0 Å². The van der Waals surface area contributed by atoms with E-state index in [9.17, 15) is 19.1 Å². The third-order valence-electron chi connectivity index (χ3n) is 4.63. The van der Waals surface area contributed by atoms with Gasteiger partial charge in [-0.1, -0.05) is 36.4 Å². The Balaban J connectivity index is 1.98. The van der Waals surface area contributed by atoms with Crippen molar-refractivity contribution < 1.29 is 19.1 Å². The van der Waals surface area contributed by atoms with Crippen LogP contribution in [0.4, 0.5) is 10.1 Å². The number of amides is 1. The third kappa shape index (κ3) is 2.85. The molecule has 1 aromatic heterocycles. The molecule has 28 heavy (non-hydrogen) atoms. The molecule has 0 spiro atoms. The van der Waals surface area contributed by atoms with E-state index in [1.807, 2.05) is 0 Å². The van der Waals surface area contributed by atoms with E-state index in [0.29, 0.717) is 11.3 Å². The fourth-order valence-corrected chi connectivity index (χ4v) is 3.34. The molecular weight excluding hydrogens is 359 g/mol. The Bertz CT molecular complexity index is 1080. The monoisotopic (exact) mass is 374 g/mol. The largest absolute Gasteiger partial charge is 0.507 e. The second-order valence-corrected chi connectivity index (χ2v) is 6.26. The Labute approximate surface area is 160 Å². The molecule has 1 fully saturated rings. The highest BCUT2D eigenvalue weighted by molar-refractivity contribution is 6.51. The Morgan fingerprint density at radius 3 is 2.25 bits per heavy atom. The van der Waals surface area contributed by atoms with Gasteiger partial charge in [0.2, 0.25) is 0 Å². The molecule has 2 heterocycles. The standard InChI is InChI=1S/C22H15FN2O3/c23-17-9-5-4-8-16(17)19-18(20(26)14-10-12-24-13-11-14)21(27)22(28)25(19)15-6-2-1-3-7-15/h1-13,19,26H/b20-18-. The van der Waals surface area contributed by atoms with Crippen LogP contribution in [-0.2, 0) is 9.59 Å². The number of aromatic nitrogens is 1. The average molecular weight is 374 g/mol. The van der Waals surface area contributed by atoms with Crippen LogP contribution >= 0.6 is 0 Å². The summed E-state index contributed by atoms with van der Waals surface area (Å²) in [7, 11) is 0. The molecule has 0 saturated carbocycles. The minimum Gasteiger partial charge on any atom is -0.507 e. The maximum absolute atomic E-state index is 14.7. The number of aliphatic hydroxyl groups excluding tert-OH is 1. The summed E-state index contributed by atoms with van der Waals surface area (Å²) >= 11 is 0. The number of carbonyl (C=O) groups is 2. The van der Waals surface area contributed by atoms with Crippen LogP contribution in [0.1, 0.15) is 17.2 Å². The van der Waals surface area contributed by atoms with E-state index in [2.05, 4.69) is 4.98 Å². The van der Waals surface area contributed by atoms with Gasteiger partial charge in [0.1, 0.15) is 11.6 Å². The first-order valence-electron chi connectivity index (χ1n) is 8.60. The number of halogens is 1. The van der Waals surface area contributed by atoms with E-state index in [1.54, 1.807) is 36.4 Å². The number of para-hydroxylation sites is 1. The van der Waals surface area contributed by atoms with Crippen LogP contribution in [-0.4, -0.2) is 21.8 Å². The highest BCUT2D eigenvalue weighted by atomic mass is 19.1. The number of benzene rings is 2. The zero-order valence-electron chi connectivity index (χ0n) is 14.6. The predicted molar refractivity (Wildman–Crippen MR) is 102 cm³/mol. The van der Waals surface area contributed by atoms with Gasteiger partial charge in [-0.15, -0.1) is 0 Å². The maximum atomic E-state index is 14.7. The summed E-state index contributed by atoms with van der Waals surface area (Å²) in [4.78, 5) is 30.8. The number of ketones is 1. The Hall–Kier alpha value is -3.80. The van der Waals surface area contributed by atoms with Crippen molar-refractivity contribution in [1.82, 2.24) is 4.98 Å². The highest BCUT2D eigenvalue weighted by Crippen LogP contribution is 2.42. The number of hydrogen-bond donors (Lipinski definition) is 1. The number of anilines is 1. The average Bonchev–Trinajstić information content (AvgIpc) is 3.00. The summed E-state index contributed by atoms with van der Waals surface area (Å²) < 4.78 is 14.7. The molecule has 1 saturated heterocycles. The lowest BCUT2D eigenvalue weighted by atomic mass is 9.95. The van der Waals surface area contributed by atoms with E-state index in [-0.39, 0.29) is 16.9 Å². The number of Topliss-reactive ketones (excluding diaryl/α,β-unsaturated/α-hetero) is 1. The predicted octanol–water partition coefficient (Wildman–Crippen LogP) is 3.85. The van der Waals surface area contributed by atoms with E-state index in [1.165, 1.54) is 47.6 Å². The van der Waals surface area contributed by atoms with Crippen LogP contribution in [0.15, 0.2) is 84.7 Å². The topological polar surface area (TPSA) is 70.5 Å². The Kier molecular flexibility index (Phi) is 4.45. The molecule has 4 rings (SSSR count). The summed E-state index contributed by atoms with van der Waals surface area (Å²) in [6.07, 6.45) is 2.92. The van der Waals surface area contributed by atoms with Crippen molar-refractivity contribution in [2.24, 2.45) is 0 Å². The molecule has 138 valence electrons. The maximum Gasteiger partial charge on any atom is 0.300 e. The zero-order valence-corrected chi connectivity index (χ0v) is 14.6. The van der Waals surface area contributed by atoms with Crippen LogP contribution in [0.2, 0.25) is 0 Å². The molecule has 1 aliphatic rings. The SMILES string of the molecule is O=C1C(=O)N(c2ccccc2)C(c2ccccc2F)/C1=C(/O)c1ccncc1. The second kappa shape index (κ2) is 7.08. The first-order chi connectivity index (χ1) is 13.6. The normalized spacial score (nSPS) is 18.5. The van der Waals surface area contributed by atoms with E-state index in [0.717, 1.165) is 0 Å². The van der Waals surface area contributed by atoms with Gasteiger partial charge in [-0.25, -0.2) is 4.39 Å². The molecule has 1 atom stereocenters. The molecule has 1 aliphatic heterocycles.